The molecule has 21 heavy (non-hydrogen) atoms. The van der Waals surface area contributed by atoms with Gasteiger partial charge in [-0.25, -0.2) is 4.39 Å². The zero-order valence-electron chi connectivity index (χ0n) is 12.5. The molecule has 0 aromatic heterocycles. The van der Waals surface area contributed by atoms with Crippen LogP contribution in [0.5, 0.6) is 5.75 Å². The minimum absolute atomic E-state index is 0.262. The van der Waals surface area contributed by atoms with Crippen LogP contribution in [0.2, 0.25) is 0 Å². The summed E-state index contributed by atoms with van der Waals surface area (Å²) in [5.41, 5.74) is -0.352. The number of methoxy groups -OCH3 is 1. The standard InChI is InChI=1S/C17H23FO3/c1-21-14-8-7-13(15(18)11-14)12-17(16(19)20)9-5-3-2-4-6-10-17/h7-8,11H,2-6,9-10,12H2,1H3,(H,19,20). The van der Waals surface area contributed by atoms with Crippen molar-refractivity contribution in [1.29, 1.82) is 0 Å². The van der Waals surface area contributed by atoms with E-state index in [0.717, 1.165) is 25.7 Å². The number of halogens is 1. The summed E-state index contributed by atoms with van der Waals surface area (Å²) >= 11 is 0. The van der Waals surface area contributed by atoms with Gasteiger partial charge >= 0.3 is 5.97 Å². The van der Waals surface area contributed by atoms with Gasteiger partial charge in [-0.2, -0.15) is 0 Å². The van der Waals surface area contributed by atoms with Gasteiger partial charge in [0.1, 0.15) is 11.6 Å². The zero-order chi connectivity index (χ0) is 15.3. The Bertz CT molecular complexity index is 491. The second kappa shape index (κ2) is 6.92. The fraction of sp³-hybridized carbons (Fsp3) is 0.588. The van der Waals surface area contributed by atoms with Crippen LogP contribution in [-0.4, -0.2) is 18.2 Å². The molecule has 1 aromatic carbocycles. The normalized spacial score (nSPS) is 18.6. The van der Waals surface area contributed by atoms with Crippen LogP contribution >= 0.6 is 0 Å². The van der Waals surface area contributed by atoms with E-state index in [1.165, 1.54) is 19.6 Å². The number of carboxylic acid groups (broad SMARTS) is 1. The number of hydrogen-bond donors (Lipinski definition) is 1. The van der Waals surface area contributed by atoms with Crippen molar-refractivity contribution in [1.82, 2.24) is 0 Å². The van der Waals surface area contributed by atoms with Crippen molar-refractivity contribution in [2.24, 2.45) is 5.41 Å². The van der Waals surface area contributed by atoms with Crippen molar-refractivity contribution in [2.75, 3.05) is 7.11 Å². The predicted octanol–water partition coefficient (Wildman–Crippen LogP) is 4.19. The van der Waals surface area contributed by atoms with Gasteiger partial charge < -0.3 is 9.84 Å². The topological polar surface area (TPSA) is 46.5 Å². The number of hydrogen-bond acceptors (Lipinski definition) is 2. The zero-order valence-corrected chi connectivity index (χ0v) is 12.5. The first-order valence-corrected chi connectivity index (χ1v) is 7.63. The van der Waals surface area contributed by atoms with E-state index in [2.05, 4.69) is 0 Å². The first-order valence-electron chi connectivity index (χ1n) is 7.63. The Labute approximate surface area is 125 Å². The van der Waals surface area contributed by atoms with Crippen molar-refractivity contribution in [3.05, 3.63) is 29.6 Å². The Balaban J connectivity index is 2.24. The highest BCUT2D eigenvalue weighted by molar-refractivity contribution is 5.75. The van der Waals surface area contributed by atoms with Crippen LogP contribution in [0.4, 0.5) is 4.39 Å². The quantitative estimate of drug-likeness (QED) is 0.905. The van der Waals surface area contributed by atoms with E-state index < -0.39 is 11.4 Å². The fourth-order valence-electron chi connectivity index (χ4n) is 3.21. The summed E-state index contributed by atoms with van der Waals surface area (Å²) in [5.74, 6) is -0.713. The Hall–Kier alpha value is -1.58. The molecule has 1 aliphatic rings. The van der Waals surface area contributed by atoms with Crippen molar-refractivity contribution in [3.63, 3.8) is 0 Å². The number of carboxylic acids is 1. The van der Waals surface area contributed by atoms with E-state index in [1.54, 1.807) is 12.1 Å². The molecule has 0 heterocycles. The van der Waals surface area contributed by atoms with Gasteiger partial charge in [0, 0.05) is 6.07 Å². The second-order valence-corrected chi connectivity index (χ2v) is 5.99. The molecule has 3 nitrogen and oxygen atoms in total. The fourth-order valence-corrected chi connectivity index (χ4v) is 3.21. The molecule has 0 aliphatic heterocycles. The van der Waals surface area contributed by atoms with E-state index in [9.17, 15) is 14.3 Å². The number of aliphatic carboxylic acids is 1. The molecule has 0 bridgehead atoms. The molecule has 1 aliphatic carbocycles. The average molecular weight is 294 g/mol. The molecule has 116 valence electrons. The molecule has 0 amide bonds. The molecule has 0 atom stereocenters. The van der Waals surface area contributed by atoms with Crippen LogP contribution in [0.15, 0.2) is 18.2 Å². The molecule has 4 heteroatoms. The first-order chi connectivity index (χ1) is 10.1. The minimum Gasteiger partial charge on any atom is -0.497 e. The van der Waals surface area contributed by atoms with Gasteiger partial charge in [0.05, 0.1) is 12.5 Å². The molecule has 1 fully saturated rings. The van der Waals surface area contributed by atoms with E-state index in [4.69, 9.17) is 4.74 Å². The van der Waals surface area contributed by atoms with Crippen LogP contribution in [0.1, 0.15) is 50.5 Å². The summed E-state index contributed by atoms with van der Waals surface area (Å²) in [7, 11) is 1.49. The number of rotatable bonds is 4. The molecule has 0 saturated heterocycles. The van der Waals surface area contributed by atoms with E-state index in [1.807, 2.05) is 0 Å². The molecular weight excluding hydrogens is 271 g/mol. The number of ether oxygens (including phenoxy) is 1. The largest absolute Gasteiger partial charge is 0.497 e. The molecular formula is C17H23FO3. The molecule has 0 spiro atoms. The van der Waals surface area contributed by atoms with Gasteiger partial charge in [0.15, 0.2) is 0 Å². The van der Waals surface area contributed by atoms with Gasteiger partial charge in [-0.15, -0.1) is 0 Å². The summed E-state index contributed by atoms with van der Waals surface area (Å²) < 4.78 is 19.1. The first kappa shape index (κ1) is 15.8. The molecule has 0 unspecified atom stereocenters. The average Bonchev–Trinajstić information content (AvgIpc) is 2.43. The third-order valence-electron chi connectivity index (χ3n) is 4.55. The van der Waals surface area contributed by atoms with Gasteiger partial charge in [-0.3, -0.25) is 4.79 Å². The highest BCUT2D eigenvalue weighted by Gasteiger charge is 2.38. The Morgan fingerprint density at radius 3 is 2.38 bits per heavy atom. The van der Waals surface area contributed by atoms with Gasteiger partial charge in [-0.1, -0.05) is 38.2 Å². The van der Waals surface area contributed by atoms with Crippen LogP contribution in [0, 0.1) is 11.2 Å². The molecule has 2 rings (SSSR count). The minimum atomic E-state index is -0.824. The smallest absolute Gasteiger partial charge is 0.309 e. The van der Waals surface area contributed by atoms with Crippen LogP contribution < -0.4 is 4.74 Å². The molecule has 1 N–H and O–H groups in total. The van der Waals surface area contributed by atoms with E-state index in [-0.39, 0.29) is 12.2 Å². The van der Waals surface area contributed by atoms with Crippen molar-refractivity contribution in [3.8, 4) is 5.75 Å². The summed E-state index contributed by atoms with van der Waals surface area (Å²) in [6, 6.07) is 4.67. The van der Waals surface area contributed by atoms with Crippen LogP contribution in [0.3, 0.4) is 0 Å². The predicted molar refractivity (Wildman–Crippen MR) is 79.0 cm³/mol. The van der Waals surface area contributed by atoms with Crippen molar-refractivity contribution in [2.45, 2.75) is 51.4 Å². The van der Waals surface area contributed by atoms with Crippen molar-refractivity contribution < 1.29 is 19.0 Å². The van der Waals surface area contributed by atoms with Crippen LogP contribution in [0.25, 0.3) is 0 Å². The summed E-state index contributed by atoms with van der Waals surface area (Å²) in [5, 5.41) is 9.71. The Kier molecular flexibility index (Phi) is 5.21. The number of carbonyl (C=O) groups is 1. The Morgan fingerprint density at radius 2 is 1.86 bits per heavy atom. The highest BCUT2D eigenvalue weighted by Crippen LogP contribution is 2.38. The van der Waals surface area contributed by atoms with Crippen LogP contribution in [-0.2, 0) is 11.2 Å². The summed E-state index contributed by atoms with van der Waals surface area (Å²) in [6.07, 6.45) is 6.65. The maximum absolute atomic E-state index is 14.1. The Morgan fingerprint density at radius 1 is 1.24 bits per heavy atom. The third kappa shape index (κ3) is 3.74. The third-order valence-corrected chi connectivity index (χ3v) is 4.55. The lowest BCUT2D eigenvalue weighted by Gasteiger charge is -2.31. The summed E-state index contributed by atoms with van der Waals surface area (Å²) in [6.45, 7) is 0. The SMILES string of the molecule is COc1ccc(CC2(C(=O)O)CCCCCCC2)c(F)c1. The maximum atomic E-state index is 14.1. The maximum Gasteiger partial charge on any atom is 0.309 e. The van der Waals surface area contributed by atoms with Gasteiger partial charge in [0.2, 0.25) is 0 Å². The lowest BCUT2D eigenvalue weighted by atomic mass is 9.72. The molecule has 1 saturated carbocycles. The monoisotopic (exact) mass is 294 g/mol. The van der Waals surface area contributed by atoms with Gasteiger partial charge in [0.25, 0.3) is 0 Å². The molecule has 0 radical (unpaired) electrons. The second-order valence-electron chi connectivity index (χ2n) is 5.99. The lowest BCUT2D eigenvalue weighted by Crippen LogP contribution is -2.34. The number of benzene rings is 1. The lowest BCUT2D eigenvalue weighted by molar-refractivity contribution is -0.150. The molecule has 1 aromatic rings. The summed E-state index contributed by atoms with van der Waals surface area (Å²) in [4.78, 5) is 11.8. The van der Waals surface area contributed by atoms with Crippen molar-refractivity contribution >= 4 is 5.97 Å². The van der Waals surface area contributed by atoms with E-state index in [0.29, 0.717) is 24.2 Å². The van der Waals surface area contributed by atoms with E-state index >= 15 is 0 Å². The van der Waals surface area contributed by atoms with Gasteiger partial charge in [-0.05, 0) is 30.9 Å². The highest BCUT2D eigenvalue weighted by atomic mass is 19.1.